The van der Waals surface area contributed by atoms with E-state index in [0.717, 1.165) is 0 Å². The number of nitrogens with zero attached hydrogens (tertiary/aromatic N) is 8. The monoisotopic (exact) mass is 728 g/mol. The largest absolute Gasteiger partial charge is 0.872 e. The average molecular weight is 729 g/mol. The Balaban J connectivity index is 0.000000224. The van der Waals surface area contributed by atoms with Crippen molar-refractivity contribution >= 4 is 56.8 Å². The molecule has 51 heavy (non-hydrogen) atoms. The number of benzene rings is 2. The van der Waals surface area contributed by atoms with E-state index in [1.807, 2.05) is 0 Å². The molecule has 0 atom stereocenters. The van der Waals surface area contributed by atoms with E-state index in [-0.39, 0.29) is 52.3 Å². The van der Waals surface area contributed by atoms with E-state index in [9.17, 15) is 19.8 Å². The van der Waals surface area contributed by atoms with E-state index in [4.69, 9.17) is 9.47 Å². The molecule has 6 aromatic rings. The van der Waals surface area contributed by atoms with Crippen molar-refractivity contribution in [3.05, 3.63) is 108 Å². The van der Waals surface area contributed by atoms with Gasteiger partial charge in [0.15, 0.2) is 11.6 Å². The van der Waals surface area contributed by atoms with E-state index in [2.05, 4.69) is 40.4 Å². The average Bonchev–Trinajstić information content (AvgIpc) is 3.12. The summed E-state index contributed by atoms with van der Waals surface area (Å²) in [5, 5.41) is 41.3. The summed E-state index contributed by atoms with van der Waals surface area (Å²) in [4.78, 5) is 40.9. The summed E-state index contributed by atoms with van der Waals surface area (Å²) in [7, 11) is 0. The Hall–Kier alpha value is -6.21. The Morgan fingerprint density at radius 2 is 1.04 bits per heavy atom. The van der Waals surface area contributed by atoms with Crippen LogP contribution in [0.4, 0.5) is 23.0 Å². The number of fused-ring (bicyclic) bond motifs is 2. The summed E-state index contributed by atoms with van der Waals surface area (Å²) in [6.45, 7) is 7.30. The van der Waals surface area contributed by atoms with E-state index in [1.54, 1.807) is 88.6 Å². The fourth-order valence-corrected chi connectivity index (χ4v) is 4.65. The molecule has 0 spiro atoms. The van der Waals surface area contributed by atoms with Gasteiger partial charge in [-0.05, 0) is 87.0 Å². The molecule has 0 saturated heterocycles. The first kappa shape index (κ1) is 37.6. The number of rotatable bonds is 8. The SMILES string of the molecule is CCOC(=O)c1cc2c([O-])ccc(N=Nc3ccccn3)c2nc1C.CCOC(=O)c1cc2c([O-])ccc(N=Nc3ccccn3)c2nc1C.[Ni]. The van der Waals surface area contributed by atoms with Gasteiger partial charge in [0.2, 0.25) is 0 Å². The predicted octanol–water partition coefficient (Wildman–Crippen LogP) is 7.21. The molecule has 0 radical (unpaired) electrons. The molecule has 4 aromatic heterocycles. The van der Waals surface area contributed by atoms with E-state index in [1.165, 1.54) is 24.3 Å². The number of aryl methyl sites for hydroxylation is 2. The van der Waals surface area contributed by atoms with Gasteiger partial charge in [-0.25, -0.2) is 29.5 Å². The first-order chi connectivity index (χ1) is 24.2. The second-order valence-electron chi connectivity index (χ2n) is 10.4. The van der Waals surface area contributed by atoms with Gasteiger partial charge in [-0.1, -0.05) is 35.8 Å². The van der Waals surface area contributed by atoms with Crippen molar-refractivity contribution in [2.45, 2.75) is 27.7 Å². The quantitative estimate of drug-likeness (QED) is 0.0876. The summed E-state index contributed by atoms with van der Waals surface area (Å²) in [6, 6.07) is 19.4. The minimum atomic E-state index is -0.505. The third kappa shape index (κ3) is 9.08. The molecule has 2 aromatic carbocycles. The molecule has 15 heteroatoms. The second kappa shape index (κ2) is 17.4. The smallest absolute Gasteiger partial charge is 0.339 e. The van der Waals surface area contributed by atoms with Crippen LogP contribution in [0.2, 0.25) is 0 Å². The van der Waals surface area contributed by atoms with Gasteiger partial charge in [-0.3, -0.25) is 0 Å². The van der Waals surface area contributed by atoms with Crippen LogP contribution in [-0.4, -0.2) is 45.1 Å². The molecule has 0 aliphatic carbocycles. The zero-order valence-electron chi connectivity index (χ0n) is 27.8. The molecule has 0 saturated carbocycles. The molecule has 14 nitrogen and oxygen atoms in total. The van der Waals surface area contributed by atoms with Gasteiger partial charge in [-0.2, -0.15) is 0 Å². The topological polar surface area (TPSA) is 200 Å². The van der Waals surface area contributed by atoms with Crippen molar-refractivity contribution in [2.75, 3.05) is 13.2 Å². The predicted molar refractivity (Wildman–Crippen MR) is 181 cm³/mol. The molecular weight excluding hydrogens is 699 g/mol. The van der Waals surface area contributed by atoms with Crippen LogP contribution in [-0.2, 0) is 26.0 Å². The van der Waals surface area contributed by atoms with Gasteiger partial charge >= 0.3 is 11.9 Å². The van der Waals surface area contributed by atoms with Crippen molar-refractivity contribution in [1.29, 1.82) is 0 Å². The van der Waals surface area contributed by atoms with Crippen LogP contribution >= 0.6 is 0 Å². The van der Waals surface area contributed by atoms with Crippen LogP contribution < -0.4 is 10.2 Å². The molecule has 0 unspecified atom stereocenters. The summed E-state index contributed by atoms with van der Waals surface area (Å²) >= 11 is 0. The van der Waals surface area contributed by atoms with Crippen molar-refractivity contribution < 1.29 is 45.8 Å². The number of carbonyl (C=O) groups is 2. The summed E-state index contributed by atoms with van der Waals surface area (Å²) in [6.07, 6.45) is 3.22. The van der Waals surface area contributed by atoms with Crippen molar-refractivity contribution in [2.24, 2.45) is 20.5 Å². The number of carbonyl (C=O) groups excluding carboxylic acids is 2. The standard InChI is InChI=1S/2C18H16N4O3.Ni/c2*1-3-25-18(24)12-10-13-15(23)8-7-14(17(13)20-11(12)2)21-22-16-6-4-5-9-19-16;/h2*4-10,23H,3H2,1-2H3;/p-2. The molecule has 262 valence electrons. The Bertz CT molecular complexity index is 2080. The first-order valence-electron chi connectivity index (χ1n) is 15.4. The number of pyridine rings is 4. The number of azo groups is 2. The van der Waals surface area contributed by atoms with Gasteiger partial charge in [0.1, 0.15) is 11.4 Å². The maximum atomic E-state index is 12.2. The molecule has 0 aliphatic rings. The van der Waals surface area contributed by atoms with E-state index < -0.39 is 11.9 Å². The molecule has 0 aliphatic heterocycles. The van der Waals surface area contributed by atoms with E-state index in [0.29, 0.717) is 56.2 Å². The molecule has 0 fully saturated rings. The van der Waals surface area contributed by atoms with Gasteiger partial charge in [0, 0.05) is 28.9 Å². The van der Waals surface area contributed by atoms with Crippen LogP contribution in [0.25, 0.3) is 21.8 Å². The number of aromatic nitrogens is 4. The molecule has 0 amide bonds. The minimum absolute atomic E-state index is 0. The van der Waals surface area contributed by atoms with Crippen molar-refractivity contribution in [3.63, 3.8) is 0 Å². The summed E-state index contributed by atoms with van der Waals surface area (Å²) < 4.78 is 10.0. The molecule has 0 bridgehead atoms. The van der Waals surface area contributed by atoms with Crippen LogP contribution in [0.1, 0.15) is 46.0 Å². The number of hydrogen-bond donors (Lipinski definition) is 0. The Morgan fingerprint density at radius 1 is 0.627 bits per heavy atom. The normalized spacial score (nSPS) is 10.9. The second-order valence-corrected chi connectivity index (χ2v) is 10.4. The van der Waals surface area contributed by atoms with E-state index >= 15 is 0 Å². The molecular formula is C36H30N8NiO6-2. The number of hydrogen-bond acceptors (Lipinski definition) is 14. The third-order valence-electron chi connectivity index (χ3n) is 7.04. The van der Waals surface area contributed by atoms with Crippen LogP contribution in [0, 0.1) is 13.8 Å². The maximum Gasteiger partial charge on any atom is 0.339 e. The fraction of sp³-hybridized carbons (Fsp3) is 0.167. The molecule has 6 rings (SSSR count). The summed E-state index contributed by atoms with van der Waals surface area (Å²) in [5.41, 5.74) is 3.10. The van der Waals surface area contributed by atoms with Crippen molar-refractivity contribution in [3.8, 4) is 11.5 Å². The van der Waals surface area contributed by atoms with Crippen LogP contribution in [0.5, 0.6) is 11.5 Å². The van der Waals surface area contributed by atoms with Crippen LogP contribution in [0.15, 0.2) is 106 Å². The molecule has 4 heterocycles. The zero-order chi connectivity index (χ0) is 35.6. The number of esters is 2. The maximum absolute atomic E-state index is 12.2. The van der Waals surface area contributed by atoms with Gasteiger partial charge < -0.3 is 19.7 Å². The minimum Gasteiger partial charge on any atom is -0.872 e. The number of ether oxygens (including phenoxy) is 2. The van der Waals surface area contributed by atoms with Gasteiger partial charge in [0.25, 0.3) is 0 Å². The van der Waals surface area contributed by atoms with Crippen LogP contribution in [0.3, 0.4) is 0 Å². The van der Waals surface area contributed by atoms with Crippen molar-refractivity contribution in [1.82, 2.24) is 19.9 Å². The van der Waals surface area contributed by atoms with Gasteiger partial charge in [-0.15, -0.1) is 20.5 Å². The molecule has 0 N–H and O–H groups in total. The Morgan fingerprint density at radius 3 is 1.39 bits per heavy atom. The Kier molecular flexibility index (Phi) is 12.9. The first-order valence-corrected chi connectivity index (χ1v) is 15.4. The Labute approximate surface area is 302 Å². The summed E-state index contributed by atoms with van der Waals surface area (Å²) in [5.74, 6) is -0.610. The zero-order valence-corrected chi connectivity index (χ0v) is 28.8. The fourth-order valence-electron chi connectivity index (χ4n) is 4.65. The van der Waals surface area contributed by atoms with Gasteiger partial charge in [0.05, 0.1) is 46.8 Å². The third-order valence-corrected chi connectivity index (χ3v) is 7.04.